The molecule has 6 heteroatoms. The second-order valence-corrected chi connectivity index (χ2v) is 3.63. The molecule has 2 N–H and O–H groups in total. The molecule has 1 aromatic rings. The zero-order valence-electron chi connectivity index (χ0n) is 6.97. The monoisotopic (exact) mass is 309 g/mol. The highest BCUT2D eigenvalue weighted by Gasteiger charge is 2.15. The Balaban J connectivity index is 3.33. The van der Waals surface area contributed by atoms with Crippen LogP contribution in [-0.4, -0.2) is 4.98 Å². The first-order valence-corrected chi connectivity index (χ1v) is 4.75. The summed E-state index contributed by atoms with van der Waals surface area (Å²) in [6, 6.07) is 3.00. The number of nitriles is 1. The molecule has 0 amide bonds. The molecular weight excluding hydrogens is 303 g/mol. The summed E-state index contributed by atoms with van der Waals surface area (Å²) in [7, 11) is 0. The Labute approximate surface area is 93.1 Å². The maximum Gasteiger partial charge on any atom is 0.280 e. The highest BCUT2D eigenvalue weighted by Crippen LogP contribution is 2.22. The zero-order chi connectivity index (χ0) is 10.7. The van der Waals surface area contributed by atoms with Gasteiger partial charge in [-0.1, -0.05) is 0 Å². The summed E-state index contributed by atoms with van der Waals surface area (Å²) in [4.78, 5) is 3.53. The van der Waals surface area contributed by atoms with Gasteiger partial charge >= 0.3 is 0 Å². The Kier molecular flexibility index (Phi) is 3.71. The molecule has 0 fully saturated rings. The maximum absolute atomic E-state index is 12.3. The van der Waals surface area contributed by atoms with E-state index in [-0.39, 0.29) is 17.9 Å². The van der Waals surface area contributed by atoms with Gasteiger partial charge in [-0.2, -0.15) is 5.26 Å². The molecule has 1 aromatic heterocycles. The molecule has 0 spiro atoms. The van der Waals surface area contributed by atoms with Crippen molar-refractivity contribution in [1.82, 2.24) is 4.98 Å². The number of rotatable bonds is 2. The van der Waals surface area contributed by atoms with Crippen LogP contribution < -0.4 is 5.73 Å². The van der Waals surface area contributed by atoms with Crippen LogP contribution in [0.4, 0.5) is 8.78 Å². The van der Waals surface area contributed by atoms with Crippen molar-refractivity contribution in [3.63, 3.8) is 0 Å². The molecule has 0 unspecified atom stereocenters. The van der Waals surface area contributed by atoms with Crippen molar-refractivity contribution >= 4 is 22.6 Å². The van der Waals surface area contributed by atoms with Crippen molar-refractivity contribution in [1.29, 1.82) is 5.26 Å². The summed E-state index contributed by atoms with van der Waals surface area (Å²) < 4.78 is 25.1. The molecule has 0 aliphatic carbocycles. The average Bonchev–Trinajstić information content (AvgIpc) is 2.16. The summed E-state index contributed by atoms with van der Waals surface area (Å²) in [5, 5.41) is 8.66. The first-order chi connectivity index (χ1) is 6.60. The fraction of sp³-hybridized carbons (Fsp3) is 0.250. The smallest absolute Gasteiger partial charge is 0.280 e. The molecule has 0 saturated carbocycles. The van der Waals surface area contributed by atoms with Gasteiger partial charge in [-0.3, -0.25) is 0 Å². The lowest BCUT2D eigenvalue weighted by atomic mass is 10.2. The van der Waals surface area contributed by atoms with Crippen LogP contribution in [0.15, 0.2) is 6.07 Å². The number of alkyl halides is 2. The van der Waals surface area contributed by atoms with Gasteiger partial charge in [0, 0.05) is 15.7 Å². The van der Waals surface area contributed by atoms with Crippen molar-refractivity contribution in [3.8, 4) is 6.07 Å². The lowest BCUT2D eigenvalue weighted by Crippen LogP contribution is -2.06. The quantitative estimate of drug-likeness (QED) is 0.849. The minimum atomic E-state index is -2.66. The van der Waals surface area contributed by atoms with Crippen LogP contribution in [0, 0.1) is 14.9 Å². The van der Waals surface area contributed by atoms with E-state index in [2.05, 4.69) is 4.98 Å². The molecular formula is C8H6F2IN3. The third-order valence-electron chi connectivity index (χ3n) is 1.62. The van der Waals surface area contributed by atoms with Gasteiger partial charge in [-0.25, -0.2) is 13.8 Å². The number of pyridine rings is 1. The number of halogens is 3. The highest BCUT2D eigenvalue weighted by atomic mass is 127. The van der Waals surface area contributed by atoms with Gasteiger partial charge in [0.15, 0.2) is 0 Å². The average molecular weight is 309 g/mol. The van der Waals surface area contributed by atoms with Gasteiger partial charge in [0.2, 0.25) is 0 Å². The lowest BCUT2D eigenvalue weighted by molar-refractivity contribution is 0.146. The third kappa shape index (κ3) is 2.16. The second kappa shape index (κ2) is 4.61. The van der Waals surface area contributed by atoms with Crippen molar-refractivity contribution in [2.45, 2.75) is 13.0 Å². The zero-order valence-corrected chi connectivity index (χ0v) is 9.12. The van der Waals surface area contributed by atoms with Crippen LogP contribution in [0.3, 0.4) is 0 Å². The van der Waals surface area contributed by atoms with E-state index in [0.29, 0.717) is 9.13 Å². The maximum atomic E-state index is 12.3. The van der Waals surface area contributed by atoms with E-state index in [0.717, 1.165) is 0 Å². The SMILES string of the molecule is N#Cc1nc(C(F)F)cc(I)c1CN. The fourth-order valence-corrected chi connectivity index (χ4v) is 1.75. The van der Waals surface area contributed by atoms with Crippen molar-refractivity contribution in [3.05, 3.63) is 26.6 Å². The molecule has 74 valence electrons. The van der Waals surface area contributed by atoms with Gasteiger partial charge in [0.25, 0.3) is 6.43 Å². The standard InChI is InChI=1S/C8H6F2IN3/c9-8(10)6-1-5(11)4(2-12)7(3-13)14-6/h1,8H,2,12H2. The largest absolute Gasteiger partial charge is 0.326 e. The van der Waals surface area contributed by atoms with Gasteiger partial charge in [-0.05, 0) is 28.7 Å². The Morgan fingerprint density at radius 1 is 1.64 bits per heavy atom. The molecule has 3 nitrogen and oxygen atoms in total. The van der Waals surface area contributed by atoms with E-state index in [1.165, 1.54) is 6.07 Å². The van der Waals surface area contributed by atoms with Crippen molar-refractivity contribution < 1.29 is 8.78 Å². The van der Waals surface area contributed by atoms with Crippen molar-refractivity contribution in [2.24, 2.45) is 5.73 Å². The lowest BCUT2D eigenvalue weighted by Gasteiger charge is -2.06. The first-order valence-electron chi connectivity index (χ1n) is 3.67. The molecule has 1 heterocycles. The highest BCUT2D eigenvalue weighted by molar-refractivity contribution is 14.1. The normalized spacial score (nSPS) is 10.3. The van der Waals surface area contributed by atoms with E-state index in [9.17, 15) is 8.78 Å². The van der Waals surface area contributed by atoms with Gasteiger partial charge in [0.1, 0.15) is 17.5 Å². The number of hydrogen-bond acceptors (Lipinski definition) is 3. The van der Waals surface area contributed by atoms with Crippen LogP contribution in [0.5, 0.6) is 0 Å². The topological polar surface area (TPSA) is 62.7 Å². The molecule has 0 aromatic carbocycles. The predicted molar refractivity (Wildman–Crippen MR) is 54.5 cm³/mol. The van der Waals surface area contributed by atoms with E-state index < -0.39 is 6.43 Å². The molecule has 0 aliphatic rings. The molecule has 0 bridgehead atoms. The minimum Gasteiger partial charge on any atom is -0.326 e. The third-order valence-corrected chi connectivity index (χ3v) is 2.59. The van der Waals surface area contributed by atoms with Gasteiger partial charge in [-0.15, -0.1) is 0 Å². The van der Waals surface area contributed by atoms with Crippen LogP contribution in [0.2, 0.25) is 0 Å². The summed E-state index contributed by atoms with van der Waals surface area (Å²) in [6.07, 6.45) is -2.66. The fourth-order valence-electron chi connectivity index (χ4n) is 0.957. The Bertz CT molecular complexity index is 387. The summed E-state index contributed by atoms with van der Waals surface area (Å²) in [6.45, 7) is 0.123. The first kappa shape index (κ1) is 11.3. The van der Waals surface area contributed by atoms with E-state index >= 15 is 0 Å². The van der Waals surface area contributed by atoms with E-state index in [4.69, 9.17) is 11.0 Å². The molecule has 0 radical (unpaired) electrons. The predicted octanol–water partition coefficient (Wildman–Crippen LogP) is 1.95. The molecule has 0 atom stereocenters. The summed E-state index contributed by atoms with van der Waals surface area (Å²) in [5.74, 6) is 0. The van der Waals surface area contributed by atoms with Crippen LogP contribution in [0.25, 0.3) is 0 Å². The number of hydrogen-bond donors (Lipinski definition) is 1. The second-order valence-electron chi connectivity index (χ2n) is 2.47. The van der Waals surface area contributed by atoms with E-state index in [1.807, 2.05) is 22.6 Å². The summed E-state index contributed by atoms with van der Waals surface area (Å²) >= 11 is 1.86. The Morgan fingerprint density at radius 3 is 2.71 bits per heavy atom. The van der Waals surface area contributed by atoms with Gasteiger partial charge in [0.05, 0.1) is 0 Å². The van der Waals surface area contributed by atoms with Crippen LogP contribution >= 0.6 is 22.6 Å². The Morgan fingerprint density at radius 2 is 2.29 bits per heavy atom. The molecule has 14 heavy (non-hydrogen) atoms. The van der Waals surface area contributed by atoms with Crippen molar-refractivity contribution in [2.75, 3.05) is 0 Å². The minimum absolute atomic E-state index is 0.0188. The molecule has 0 saturated heterocycles. The molecule has 0 aliphatic heterocycles. The molecule has 1 rings (SSSR count). The van der Waals surface area contributed by atoms with Crippen LogP contribution in [-0.2, 0) is 6.54 Å². The number of aromatic nitrogens is 1. The Hall–Kier alpha value is -0.810. The number of nitrogens with zero attached hydrogens (tertiary/aromatic N) is 2. The van der Waals surface area contributed by atoms with E-state index in [1.54, 1.807) is 6.07 Å². The number of nitrogens with two attached hydrogens (primary N) is 1. The van der Waals surface area contributed by atoms with Crippen LogP contribution in [0.1, 0.15) is 23.4 Å². The van der Waals surface area contributed by atoms with Gasteiger partial charge < -0.3 is 5.73 Å². The summed E-state index contributed by atoms with van der Waals surface area (Å²) in [5.41, 5.74) is 5.48.